The third-order valence-corrected chi connectivity index (χ3v) is 1.50. The average molecular weight is 173 g/mol. The van der Waals surface area contributed by atoms with Gasteiger partial charge in [-0.1, -0.05) is 0 Å². The van der Waals surface area contributed by atoms with Crippen LogP contribution < -0.4 is 0 Å². The van der Waals surface area contributed by atoms with E-state index in [2.05, 4.69) is 11.1 Å². The summed E-state index contributed by atoms with van der Waals surface area (Å²) in [7, 11) is 3.77. The van der Waals surface area contributed by atoms with Gasteiger partial charge < -0.3 is 4.90 Å². The maximum atomic E-state index is 8.86. The van der Waals surface area contributed by atoms with E-state index in [0.29, 0.717) is 5.57 Å². The molecule has 0 atom stereocenters. The average Bonchev–Trinajstić information content (AvgIpc) is 2.15. The molecule has 0 aliphatic heterocycles. The van der Waals surface area contributed by atoms with Gasteiger partial charge in [-0.15, -0.1) is 0 Å². The minimum absolute atomic E-state index is 0.646. The minimum Gasteiger partial charge on any atom is -0.382 e. The maximum Gasteiger partial charge on any atom is 0.101 e. The normalized spacial score (nSPS) is 10.7. The molecule has 0 radical (unpaired) electrons. The molecule has 3 heteroatoms. The molecule has 0 amide bonds. The summed E-state index contributed by atoms with van der Waals surface area (Å²) < 4.78 is 0. The van der Waals surface area contributed by atoms with E-state index in [1.54, 1.807) is 18.6 Å². The molecule has 66 valence electrons. The third-order valence-electron chi connectivity index (χ3n) is 1.50. The molecular weight excluding hydrogens is 162 g/mol. The first-order valence-electron chi connectivity index (χ1n) is 3.93. The molecule has 0 N–H and O–H groups in total. The maximum absolute atomic E-state index is 8.86. The van der Waals surface area contributed by atoms with Crippen LogP contribution in [0.2, 0.25) is 0 Å². The van der Waals surface area contributed by atoms with Crippen molar-refractivity contribution in [3.05, 3.63) is 36.3 Å². The van der Waals surface area contributed by atoms with Crippen molar-refractivity contribution in [3.63, 3.8) is 0 Å². The van der Waals surface area contributed by atoms with E-state index >= 15 is 0 Å². The van der Waals surface area contributed by atoms with E-state index in [1.165, 1.54) is 0 Å². The summed E-state index contributed by atoms with van der Waals surface area (Å²) in [4.78, 5) is 5.74. The van der Waals surface area contributed by atoms with Gasteiger partial charge in [0.15, 0.2) is 0 Å². The number of aromatic nitrogens is 1. The fourth-order valence-corrected chi connectivity index (χ4v) is 0.958. The van der Waals surface area contributed by atoms with Crippen LogP contribution in [-0.2, 0) is 0 Å². The molecule has 1 aromatic rings. The molecule has 0 aliphatic carbocycles. The molecule has 0 aromatic carbocycles. The fraction of sp³-hybridized carbons (Fsp3) is 0.200. The van der Waals surface area contributed by atoms with Crippen LogP contribution in [0.5, 0.6) is 0 Å². The molecular formula is C10H11N3. The number of nitrogens with zero attached hydrogens (tertiary/aromatic N) is 3. The summed E-state index contributed by atoms with van der Waals surface area (Å²) in [6.45, 7) is 0. The van der Waals surface area contributed by atoms with Gasteiger partial charge in [-0.05, 0) is 17.7 Å². The highest BCUT2D eigenvalue weighted by molar-refractivity contribution is 5.75. The molecule has 13 heavy (non-hydrogen) atoms. The van der Waals surface area contributed by atoms with Crippen molar-refractivity contribution in [2.45, 2.75) is 0 Å². The summed E-state index contributed by atoms with van der Waals surface area (Å²) in [5.41, 5.74) is 1.54. The van der Waals surface area contributed by atoms with Gasteiger partial charge in [0, 0.05) is 32.7 Å². The lowest BCUT2D eigenvalue weighted by Gasteiger charge is -2.05. The topological polar surface area (TPSA) is 39.9 Å². The van der Waals surface area contributed by atoms with Crippen LogP contribution in [0.4, 0.5) is 0 Å². The van der Waals surface area contributed by atoms with Crippen LogP contribution in [0.1, 0.15) is 5.56 Å². The molecule has 1 aromatic heterocycles. The number of hydrogen-bond donors (Lipinski definition) is 0. The van der Waals surface area contributed by atoms with Crippen molar-refractivity contribution in [2.75, 3.05) is 14.1 Å². The zero-order valence-electron chi connectivity index (χ0n) is 7.73. The molecule has 0 spiro atoms. The Morgan fingerprint density at radius 3 is 2.54 bits per heavy atom. The van der Waals surface area contributed by atoms with Gasteiger partial charge in [0.2, 0.25) is 0 Å². The third kappa shape index (κ3) is 2.60. The van der Waals surface area contributed by atoms with E-state index in [4.69, 9.17) is 5.26 Å². The number of allylic oxidation sites excluding steroid dienone is 1. The summed E-state index contributed by atoms with van der Waals surface area (Å²) in [5.74, 6) is 0. The summed E-state index contributed by atoms with van der Waals surface area (Å²) in [6.07, 6.45) is 5.14. The standard InChI is InChI=1S/C10H11N3/c1-13(2)8-10(7-11)9-3-5-12-6-4-9/h3-6,8H,1-2H3/b10-8-. The van der Waals surface area contributed by atoms with Crippen LogP contribution in [-0.4, -0.2) is 24.0 Å². The van der Waals surface area contributed by atoms with Gasteiger partial charge in [-0.3, -0.25) is 4.98 Å². The second-order valence-electron chi connectivity index (χ2n) is 2.85. The molecule has 0 saturated carbocycles. The molecule has 3 nitrogen and oxygen atoms in total. The van der Waals surface area contributed by atoms with Gasteiger partial charge in [0.25, 0.3) is 0 Å². The van der Waals surface area contributed by atoms with Gasteiger partial charge in [0.05, 0.1) is 5.57 Å². The molecule has 0 aliphatic rings. The smallest absolute Gasteiger partial charge is 0.101 e. The molecule has 0 bridgehead atoms. The Bertz CT molecular complexity index is 333. The van der Waals surface area contributed by atoms with Crippen LogP contribution >= 0.6 is 0 Å². The number of rotatable bonds is 2. The van der Waals surface area contributed by atoms with E-state index in [-0.39, 0.29) is 0 Å². The molecule has 0 saturated heterocycles. The number of hydrogen-bond acceptors (Lipinski definition) is 3. The Morgan fingerprint density at radius 1 is 1.46 bits per heavy atom. The highest BCUT2D eigenvalue weighted by atomic mass is 15.0. The lowest BCUT2D eigenvalue weighted by Crippen LogP contribution is -2.02. The van der Waals surface area contributed by atoms with E-state index in [9.17, 15) is 0 Å². The second kappa shape index (κ2) is 4.27. The first-order valence-corrected chi connectivity index (χ1v) is 3.93. The lowest BCUT2D eigenvalue weighted by atomic mass is 10.1. The Kier molecular flexibility index (Phi) is 3.04. The van der Waals surface area contributed by atoms with Crippen molar-refractivity contribution in [2.24, 2.45) is 0 Å². The van der Waals surface area contributed by atoms with Crippen molar-refractivity contribution in [3.8, 4) is 6.07 Å². The van der Waals surface area contributed by atoms with Gasteiger partial charge in [-0.2, -0.15) is 5.26 Å². The van der Waals surface area contributed by atoms with E-state index in [1.807, 2.05) is 31.1 Å². The minimum atomic E-state index is 0.646. The zero-order valence-corrected chi connectivity index (χ0v) is 7.73. The first kappa shape index (κ1) is 9.27. The van der Waals surface area contributed by atoms with Crippen molar-refractivity contribution >= 4 is 5.57 Å². The van der Waals surface area contributed by atoms with Crippen LogP contribution in [0, 0.1) is 11.3 Å². The molecule has 1 heterocycles. The largest absolute Gasteiger partial charge is 0.382 e. The van der Waals surface area contributed by atoms with Crippen molar-refractivity contribution in [1.82, 2.24) is 9.88 Å². The summed E-state index contributed by atoms with van der Waals surface area (Å²) in [6, 6.07) is 5.78. The summed E-state index contributed by atoms with van der Waals surface area (Å²) in [5, 5.41) is 8.86. The Hall–Kier alpha value is -1.82. The van der Waals surface area contributed by atoms with E-state index < -0.39 is 0 Å². The SMILES string of the molecule is CN(C)/C=C(/C#N)c1ccncc1. The van der Waals surface area contributed by atoms with Crippen molar-refractivity contribution in [1.29, 1.82) is 5.26 Å². The summed E-state index contributed by atoms with van der Waals surface area (Å²) >= 11 is 0. The molecule has 0 unspecified atom stereocenters. The van der Waals surface area contributed by atoms with Crippen LogP contribution in [0.25, 0.3) is 5.57 Å². The van der Waals surface area contributed by atoms with Crippen LogP contribution in [0.15, 0.2) is 30.7 Å². The van der Waals surface area contributed by atoms with Crippen LogP contribution in [0.3, 0.4) is 0 Å². The molecule has 1 rings (SSSR count). The predicted octanol–water partition coefficient (Wildman–Crippen LogP) is 1.51. The van der Waals surface area contributed by atoms with E-state index in [0.717, 1.165) is 5.56 Å². The second-order valence-corrected chi connectivity index (χ2v) is 2.85. The predicted molar refractivity (Wildman–Crippen MR) is 51.5 cm³/mol. The quantitative estimate of drug-likeness (QED) is 0.636. The van der Waals surface area contributed by atoms with Crippen molar-refractivity contribution < 1.29 is 0 Å². The lowest BCUT2D eigenvalue weighted by molar-refractivity contribution is 0.566. The number of pyridine rings is 1. The first-order chi connectivity index (χ1) is 6.24. The Morgan fingerprint density at radius 2 is 2.08 bits per heavy atom. The Labute approximate surface area is 77.9 Å². The molecule has 0 fully saturated rings. The Balaban J connectivity index is 3.00. The van der Waals surface area contributed by atoms with Gasteiger partial charge in [-0.25, -0.2) is 0 Å². The fourth-order valence-electron chi connectivity index (χ4n) is 0.958. The van der Waals surface area contributed by atoms with Gasteiger partial charge in [0.1, 0.15) is 6.07 Å². The number of nitriles is 1. The zero-order chi connectivity index (χ0) is 9.68. The highest BCUT2D eigenvalue weighted by Gasteiger charge is 1.98. The monoisotopic (exact) mass is 173 g/mol. The highest BCUT2D eigenvalue weighted by Crippen LogP contribution is 2.11. The van der Waals surface area contributed by atoms with Gasteiger partial charge >= 0.3 is 0 Å².